The van der Waals surface area contributed by atoms with E-state index in [1.165, 1.54) is 12.1 Å². The van der Waals surface area contributed by atoms with Crippen molar-refractivity contribution in [2.45, 2.75) is 0 Å². The van der Waals surface area contributed by atoms with Crippen LogP contribution in [-0.4, -0.2) is 28.6 Å². The van der Waals surface area contributed by atoms with Crippen molar-refractivity contribution in [3.05, 3.63) is 23.0 Å². The molecule has 0 unspecified atom stereocenters. The van der Waals surface area contributed by atoms with Gasteiger partial charge in [0.05, 0.1) is 0 Å². The highest BCUT2D eigenvalue weighted by Gasteiger charge is 2.07. The molecule has 0 aliphatic carbocycles. The van der Waals surface area contributed by atoms with Gasteiger partial charge in [-0.2, -0.15) is 0 Å². The molecule has 15 heavy (non-hydrogen) atoms. The number of aromatic nitrogens is 2. The lowest BCUT2D eigenvalue weighted by molar-refractivity contribution is -0.124. The van der Waals surface area contributed by atoms with E-state index in [0.29, 0.717) is 0 Å². The van der Waals surface area contributed by atoms with Crippen LogP contribution in [0, 0.1) is 0 Å². The Morgan fingerprint density at radius 2 is 2.20 bits per heavy atom. The van der Waals surface area contributed by atoms with E-state index in [1.807, 2.05) is 5.48 Å². The van der Waals surface area contributed by atoms with Gasteiger partial charge in [0.15, 0.2) is 17.5 Å². The molecule has 80 valence electrons. The van der Waals surface area contributed by atoms with E-state index >= 15 is 0 Å². The number of carbonyl (C=O) groups is 2. The van der Waals surface area contributed by atoms with Gasteiger partial charge in [0.2, 0.25) is 5.91 Å². The largest absolute Gasteiger partial charge is 0.368 e. The highest BCUT2D eigenvalue weighted by Crippen LogP contribution is 2.01. The highest BCUT2D eigenvalue weighted by atomic mass is 35.5. The summed E-state index contributed by atoms with van der Waals surface area (Å²) in [7, 11) is 0. The fourth-order valence-corrected chi connectivity index (χ4v) is 0.763. The molecule has 0 radical (unpaired) electrons. The monoisotopic (exact) mass is 230 g/mol. The number of rotatable bonds is 4. The van der Waals surface area contributed by atoms with E-state index in [2.05, 4.69) is 15.0 Å². The lowest BCUT2D eigenvalue weighted by atomic mass is 10.4. The fourth-order valence-electron chi connectivity index (χ4n) is 0.662. The minimum Gasteiger partial charge on any atom is -0.368 e. The summed E-state index contributed by atoms with van der Waals surface area (Å²) in [6.07, 6.45) is 0. The molecule has 0 saturated carbocycles. The van der Waals surface area contributed by atoms with Crippen LogP contribution in [0.15, 0.2) is 12.1 Å². The van der Waals surface area contributed by atoms with Crippen LogP contribution in [0.5, 0.6) is 0 Å². The van der Waals surface area contributed by atoms with Crippen molar-refractivity contribution in [2.24, 2.45) is 5.73 Å². The first-order valence-corrected chi connectivity index (χ1v) is 4.17. The molecule has 0 fully saturated rings. The minimum absolute atomic E-state index is 0.0175. The zero-order valence-electron chi connectivity index (χ0n) is 7.44. The summed E-state index contributed by atoms with van der Waals surface area (Å²) in [5, 5.41) is 7.11. The van der Waals surface area contributed by atoms with Gasteiger partial charge < -0.3 is 5.73 Å². The maximum atomic E-state index is 11.2. The van der Waals surface area contributed by atoms with E-state index in [1.54, 1.807) is 0 Å². The van der Waals surface area contributed by atoms with Crippen LogP contribution in [0.3, 0.4) is 0 Å². The summed E-state index contributed by atoms with van der Waals surface area (Å²) in [6.45, 7) is -0.410. The van der Waals surface area contributed by atoms with E-state index < -0.39 is 18.4 Å². The number of hydroxylamine groups is 1. The van der Waals surface area contributed by atoms with Gasteiger partial charge in [-0.25, -0.2) is 5.48 Å². The van der Waals surface area contributed by atoms with Crippen LogP contribution in [-0.2, 0) is 9.63 Å². The summed E-state index contributed by atoms with van der Waals surface area (Å²) in [6, 6.07) is 2.76. The predicted molar refractivity (Wildman–Crippen MR) is 49.7 cm³/mol. The van der Waals surface area contributed by atoms with E-state index in [4.69, 9.17) is 17.3 Å². The molecule has 0 aliphatic heterocycles. The molecule has 2 amide bonds. The summed E-state index contributed by atoms with van der Waals surface area (Å²) < 4.78 is 0. The van der Waals surface area contributed by atoms with E-state index in [0.717, 1.165) is 0 Å². The standard InChI is InChI=1S/C7H7ClN4O3/c8-5-2-1-4(10-11-5)7(14)12-15-3-6(9)13/h1-2H,3H2,(H2,9,13)(H,12,14). The second-order valence-electron chi connectivity index (χ2n) is 2.43. The minimum atomic E-state index is -0.697. The predicted octanol–water partition coefficient (Wildman–Crippen LogP) is -0.723. The number of nitrogens with two attached hydrogens (primary N) is 1. The molecule has 1 rings (SSSR count). The lowest BCUT2D eigenvalue weighted by Crippen LogP contribution is -2.30. The van der Waals surface area contributed by atoms with Crippen LogP contribution in [0.25, 0.3) is 0 Å². The molecule has 0 spiro atoms. The first-order valence-electron chi connectivity index (χ1n) is 3.79. The maximum Gasteiger partial charge on any atom is 0.295 e. The zero-order valence-corrected chi connectivity index (χ0v) is 8.19. The van der Waals surface area contributed by atoms with Gasteiger partial charge in [0.25, 0.3) is 5.91 Å². The Bertz CT molecular complexity index is 367. The van der Waals surface area contributed by atoms with Gasteiger partial charge in [-0.1, -0.05) is 11.6 Å². The molecule has 3 N–H and O–H groups in total. The van der Waals surface area contributed by atoms with Gasteiger partial charge in [-0.05, 0) is 12.1 Å². The second kappa shape index (κ2) is 5.23. The zero-order chi connectivity index (χ0) is 11.3. The molecular weight excluding hydrogens is 224 g/mol. The van der Waals surface area contributed by atoms with Crippen molar-refractivity contribution in [3.63, 3.8) is 0 Å². The van der Waals surface area contributed by atoms with E-state index in [-0.39, 0.29) is 10.8 Å². The first-order chi connectivity index (χ1) is 7.09. The average Bonchev–Trinajstić information content (AvgIpc) is 2.18. The number of nitrogens with one attached hydrogen (secondary N) is 1. The molecule has 7 nitrogen and oxygen atoms in total. The Morgan fingerprint density at radius 3 is 2.73 bits per heavy atom. The van der Waals surface area contributed by atoms with E-state index in [9.17, 15) is 9.59 Å². The molecule has 0 aromatic carbocycles. The molecule has 0 bridgehead atoms. The molecule has 8 heteroatoms. The summed E-state index contributed by atoms with van der Waals surface area (Å²) in [5.41, 5.74) is 6.76. The summed E-state index contributed by atoms with van der Waals surface area (Å²) in [5.74, 6) is -1.34. The second-order valence-corrected chi connectivity index (χ2v) is 2.81. The molecule has 0 atom stereocenters. The third-order valence-electron chi connectivity index (χ3n) is 1.24. The number of hydrogen-bond donors (Lipinski definition) is 2. The van der Waals surface area contributed by atoms with Gasteiger partial charge >= 0.3 is 0 Å². The molecule has 1 aromatic rings. The number of halogens is 1. The number of hydrogen-bond acceptors (Lipinski definition) is 5. The third-order valence-corrected chi connectivity index (χ3v) is 1.45. The Kier molecular flexibility index (Phi) is 3.95. The number of primary amides is 1. The van der Waals surface area contributed by atoms with Crippen molar-refractivity contribution in [1.29, 1.82) is 0 Å². The van der Waals surface area contributed by atoms with Crippen LogP contribution in [0.4, 0.5) is 0 Å². The van der Waals surface area contributed by atoms with Crippen molar-refractivity contribution < 1.29 is 14.4 Å². The number of amides is 2. The Labute approximate surface area is 89.5 Å². The Morgan fingerprint density at radius 1 is 1.47 bits per heavy atom. The van der Waals surface area contributed by atoms with Crippen LogP contribution in [0.2, 0.25) is 5.15 Å². The van der Waals surface area contributed by atoms with Crippen LogP contribution >= 0.6 is 11.6 Å². The van der Waals surface area contributed by atoms with Gasteiger partial charge in [0.1, 0.15) is 0 Å². The number of carbonyl (C=O) groups excluding carboxylic acids is 2. The van der Waals surface area contributed by atoms with Gasteiger partial charge in [0, 0.05) is 0 Å². The first kappa shape index (κ1) is 11.3. The number of nitrogens with zero attached hydrogens (tertiary/aromatic N) is 2. The fraction of sp³-hybridized carbons (Fsp3) is 0.143. The molecule has 1 aromatic heterocycles. The normalized spacial score (nSPS) is 9.67. The summed E-state index contributed by atoms with van der Waals surface area (Å²) >= 11 is 5.46. The highest BCUT2D eigenvalue weighted by molar-refractivity contribution is 6.29. The molecule has 1 heterocycles. The third kappa shape index (κ3) is 3.88. The molecular formula is C7H7ClN4O3. The Balaban J connectivity index is 2.47. The van der Waals surface area contributed by atoms with Gasteiger partial charge in [-0.15, -0.1) is 10.2 Å². The lowest BCUT2D eigenvalue weighted by Gasteiger charge is -2.02. The maximum absolute atomic E-state index is 11.2. The average molecular weight is 231 g/mol. The SMILES string of the molecule is NC(=O)CONC(=O)c1ccc(Cl)nn1. The molecule has 0 aliphatic rings. The Hall–Kier alpha value is -1.73. The molecule has 0 saturated heterocycles. The van der Waals surface area contributed by atoms with Crippen LogP contribution < -0.4 is 11.2 Å². The topological polar surface area (TPSA) is 107 Å². The van der Waals surface area contributed by atoms with Crippen molar-refractivity contribution in [2.75, 3.05) is 6.61 Å². The van der Waals surface area contributed by atoms with Crippen molar-refractivity contribution in [1.82, 2.24) is 15.7 Å². The quantitative estimate of drug-likeness (QED) is 0.664. The smallest absolute Gasteiger partial charge is 0.295 e. The van der Waals surface area contributed by atoms with Crippen LogP contribution in [0.1, 0.15) is 10.5 Å². The summed E-state index contributed by atoms with van der Waals surface area (Å²) in [4.78, 5) is 25.9. The van der Waals surface area contributed by atoms with Crippen molar-refractivity contribution >= 4 is 23.4 Å². The van der Waals surface area contributed by atoms with Gasteiger partial charge in [-0.3, -0.25) is 14.4 Å². The van der Waals surface area contributed by atoms with Crippen molar-refractivity contribution in [3.8, 4) is 0 Å².